The van der Waals surface area contributed by atoms with Gasteiger partial charge < -0.3 is 30.1 Å². The van der Waals surface area contributed by atoms with E-state index in [1.165, 1.54) is 13.4 Å². The second-order valence-corrected chi connectivity index (χ2v) is 6.67. The van der Waals surface area contributed by atoms with Gasteiger partial charge in [0.25, 0.3) is 0 Å². The molecule has 5 N–H and O–H groups in total. The van der Waals surface area contributed by atoms with Crippen LogP contribution in [0.4, 0.5) is 0 Å². The molecule has 2 aliphatic rings. The lowest BCUT2D eigenvalue weighted by Gasteiger charge is -2.35. The number of ether oxygens (including phenoxy) is 2. The first kappa shape index (κ1) is 18.3. The van der Waals surface area contributed by atoms with E-state index in [0.29, 0.717) is 12.0 Å². The number of phenols is 2. The highest BCUT2D eigenvalue weighted by molar-refractivity contribution is 5.89. The van der Waals surface area contributed by atoms with Crippen molar-refractivity contribution in [3.8, 4) is 11.5 Å². The summed E-state index contributed by atoms with van der Waals surface area (Å²) in [5.41, 5.74) is 2.24. The molecule has 26 heavy (non-hydrogen) atoms. The van der Waals surface area contributed by atoms with Gasteiger partial charge in [0.15, 0.2) is 11.5 Å². The van der Waals surface area contributed by atoms with Gasteiger partial charge in [-0.2, -0.15) is 0 Å². The highest BCUT2D eigenvalue weighted by Gasteiger charge is 2.40. The lowest BCUT2D eigenvalue weighted by Crippen LogP contribution is -2.87. The maximum absolute atomic E-state index is 12.2. The van der Waals surface area contributed by atoms with Gasteiger partial charge in [-0.1, -0.05) is 6.08 Å². The SMILES string of the molecule is C=C[C@H]1[C@H](O)OC=C(C(=O)OC)[C@H]1C[C@H]1[NH2+]CCc2cc(O)c(O)cc21. The number of aromatic hydroxyl groups is 2. The normalized spacial score (nSPS) is 27.7. The van der Waals surface area contributed by atoms with E-state index in [0.717, 1.165) is 24.1 Å². The predicted molar refractivity (Wildman–Crippen MR) is 92.0 cm³/mol. The molecule has 0 bridgehead atoms. The van der Waals surface area contributed by atoms with Crippen molar-refractivity contribution in [3.63, 3.8) is 0 Å². The second-order valence-electron chi connectivity index (χ2n) is 6.67. The molecular formula is C19H24NO6+. The lowest BCUT2D eigenvalue weighted by atomic mass is 9.77. The van der Waals surface area contributed by atoms with Crippen LogP contribution >= 0.6 is 0 Å². The second kappa shape index (κ2) is 7.39. The molecule has 0 fully saturated rings. The van der Waals surface area contributed by atoms with Crippen LogP contribution in [0.3, 0.4) is 0 Å². The zero-order valence-electron chi connectivity index (χ0n) is 14.6. The zero-order valence-corrected chi connectivity index (χ0v) is 14.6. The Morgan fingerprint density at radius 2 is 2.15 bits per heavy atom. The molecular weight excluding hydrogens is 338 g/mol. The van der Waals surface area contributed by atoms with Crippen LogP contribution < -0.4 is 5.32 Å². The number of nitrogens with two attached hydrogens (primary N) is 1. The van der Waals surface area contributed by atoms with Crippen molar-refractivity contribution >= 4 is 5.97 Å². The third kappa shape index (κ3) is 3.27. The number of phenolic OH excluding ortho intramolecular Hbond substituents is 2. The van der Waals surface area contributed by atoms with Crippen LogP contribution in [0.25, 0.3) is 0 Å². The van der Waals surface area contributed by atoms with Crippen molar-refractivity contribution in [1.82, 2.24) is 0 Å². The fourth-order valence-corrected chi connectivity index (χ4v) is 3.87. The van der Waals surface area contributed by atoms with Crippen LogP contribution in [-0.2, 0) is 20.7 Å². The molecule has 0 unspecified atom stereocenters. The van der Waals surface area contributed by atoms with E-state index in [4.69, 9.17) is 9.47 Å². The third-order valence-electron chi connectivity index (χ3n) is 5.23. The average molecular weight is 362 g/mol. The molecule has 0 aliphatic carbocycles. The van der Waals surface area contributed by atoms with Gasteiger partial charge >= 0.3 is 5.97 Å². The van der Waals surface area contributed by atoms with Crippen molar-refractivity contribution in [2.45, 2.75) is 25.2 Å². The molecule has 0 saturated carbocycles. The number of quaternary nitrogens is 1. The third-order valence-corrected chi connectivity index (χ3v) is 5.23. The molecule has 0 radical (unpaired) electrons. The van der Waals surface area contributed by atoms with Crippen molar-refractivity contribution < 1.29 is 34.9 Å². The number of aliphatic hydroxyl groups excluding tert-OH is 1. The van der Waals surface area contributed by atoms with Crippen LogP contribution in [0.1, 0.15) is 23.6 Å². The number of carbonyl (C=O) groups is 1. The summed E-state index contributed by atoms with van der Waals surface area (Å²) >= 11 is 0. The molecule has 1 aromatic carbocycles. The monoisotopic (exact) mass is 362 g/mol. The summed E-state index contributed by atoms with van der Waals surface area (Å²) in [6, 6.07) is 3.12. The van der Waals surface area contributed by atoms with Gasteiger partial charge in [-0.25, -0.2) is 4.79 Å². The molecule has 4 atom stereocenters. The van der Waals surface area contributed by atoms with Crippen LogP contribution in [0.5, 0.6) is 11.5 Å². The molecule has 0 amide bonds. The van der Waals surface area contributed by atoms with E-state index in [9.17, 15) is 20.1 Å². The van der Waals surface area contributed by atoms with Crippen LogP contribution in [0.15, 0.2) is 36.6 Å². The minimum absolute atomic E-state index is 0.0453. The van der Waals surface area contributed by atoms with Gasteiger partial charge in [-0.05, 0) is 17.7 Å². The van der Waals surface area contributed by atoms with Gasteiger partial charge in [0.2, 0.25) is 6.29 Å². The van der Waals surface area contributed by atoms with Crippen molar-refractivity contribution in [3.05, 3.63) is 47.7 Å². The lowest BCUT2D eigenvalue weighted by molar-refractivity contribution is -0.700. The molecule has 0 saturated heterocycles. The summed E-state index contributed by atoms with van der Waals surface area (Å²) < 4.78 is 10.0. The fourth-order valence-electron chi connectivity index (χ4n) is 3.87. The molecule has 3 rings (SSSR count). The number of methoxy groups -OCH3 is 1. The predicted octanol–water partition coefficient (Wildman–Crippen LogP) is 0.472. The number of rotatable bonds is 4. The topological polar surface area (TPSA) is 113 Å². The Morgan fingerprint density at radius 1 is 1.42 bits per heavy atom. The van der Waals surface area contributed by atoms with Crippen LogP contribution in [-0.4, -0.2) is 41.2 Å². The van der Waals surface area contributed by atoms with E-state index < -0.39 is 18.2 Å². The highest BCUT2D eigenvalue weighted by Crippen LogP contribution is 2.39. The smallest absolute Gasteiger partial charge is 0.337 e. The average Bonchev–Trinajstić information content (AvgIpc) is 2.63. The molecule has 7 heteroatoms. The van der Waals surface area contributed by atoms with Gasteiger partial charge in [0.05, 0.1) is 25.5 Å². The highest BCUT2D eigenvalue weighted by atomic mass is 16.6. The Bertz CT molecular complexity index is 744. The molecule has 2 heterocycles. The molecule has 2 aliphatic heterocycles. The minimum atomic E-state index is -1.08. The Labute approximate surface area is 151 Å². The quantitative estimate of drug-likeness (QED) is 0.352. The first-order chi connectivity index (χ1) is 12.5. The van der Waals surface area contributed by atoms with E-state index in [1.54, 1.807) is 18.2 Å². The number of hydrogen-bond donors (Lipinski definition) is 4. The molecule has 1 aromatic rings. The summed E-state index contributed by atoms with van der Waals surface area (Å²) in [4.78, 5) is 12.2. The van der Waals surface area contributed by atoms with Gasteiger partial charge in [0.1, 0.15) is 6.04 Å². The number of fused-ring (bicyclic) bond motifs is 1. The maximum atomic E-state index is 12.2. The number of benzene rings is 1. The van der Waals surface area contributed by atoms with Crippen molar-refractivity contribution in [1.29, 1.82) is 0 Å². The standard InChI is InChI=1S/C19H23NO6/c1-3-11-13(14(18(23)25-2)9-26-19(11)24)7-15-12-8-17(22)16(21)6-10(12)4-5-20-15/h3,6,8-9,11,13,15,19-22,24H,1,4-5,7H2,2H3/p+1/t11-,13+,15-,19-/m1/s1. The van der Waals surface area contributed by atoms with Crippen molar-refractivity contribution in [2.75, 3.05) is 13.7 Å². The summed E-state index contributed by atoms with van der Waals surface area (Å²) in [7, 11) is 1.30. The summed E-state index contributed by atoms with van der Waals surface area (Å²) in [5, 5.41) is 31.9. The van der Waals surface area contributed by atoms with E-state index in [2.05, 4.69) is 11.9 Å². The van der Waals surface area contributed by atoms with Gasteiger partial charge in [0, 0.05) is 30.2 Å². The van der Waals surface area contributed by atoms with Gasteiger partial charge in [-0.15, -0.1) is 6.58 Å². The van der Waals surface area contributed by atoms with Crippen LogP contribution in [0, 0.1) is 11.8 Å². The molecule has 0 aromatic heterocycles. The summed E-state index contributed by atoms with van der Waals surface area (Å²) in [6.45, 7) is 4.59. The van der Waals surface area contributed by atoms with Gasteiger partial charge in [-0.3, -0.25) is 0 Å². The van der Waals surface area contributed by atoms with Crippen LogP contribution in [0.2, 0.25) is 0 Å². The number of esters is 1. The Hall–Kier alpha value is -2.51. The van der Waals surface area contributed by atoms with E-state index in [-0.39, 0.29) is 23.5 Å². The molecule has 0 spiro atoms. The minimum Gasteiger partial charge on any atom is -0.504 e. The number of aliphatic hydroxyl groups is 1. The largest absolute Gasteiger partial charge is 0.504 e. The number of hydrogen-bond acceptors (Lipinski definition) is 6. The summed E-state index contributed by atoms with van der Waals surface area (Å²) in [6.07, 6.45) is 3.07. The van der Waals surface area contributed by atoms with E-state index >= 15 is 0 Å². The zero-order chi connectivity index (χ0) is 18.8. The first-order valence-electron chi connectivity index (χ1n) is 8.58. The Balaban J connectivity index is 1.94. The Kier molecular flexibility index (Phi) is 5.20. The summed E-state index contributed by atoms with van der Waals surface area (Å²) in [5.74, 6) is -1.60. The van der Waals surface area contributed by atoms with Crippen molar-refractivity contribution in [2.24, 2.45) is 11.8 Å². The van der Waals surface area contributed by atoms with E-state index in [1.807, 2.05) is 0 Å². The fraction of sp³-hybridized carbons (Fsp3) is 0.421. The number of carbonyl (C=O) groups excluding carboxylic acids is 1. The first-order valence-corrected chi connectivity index (χ1v) is 8.58. The maximum Gasteiger partial charge on any atom is 0.337 e. The molecule has 140 valence electrons. The molecule has 7 nitrogen and oxygen atoms in total. The Morgan fingerprint density at radius 3 is 2.85 bits per heavy atom.